The quantitative estimate of drug-likeness (QED) is 0.733. The average molecular weight is 412 g/mol. The van der Waals surface area contributed by atoms with Crippen LogP contribution in [0, 0.1) is 5.92 Å². The zero-order valence-corrected chi connectivity index (χ0v) is 17.9. The van der Waals surface area contributed by atoms with E-state index in [2.05, 4.69) is 15.4 Å². The molecule has 2 aromatic rings. The summed E-state index contributed by atoms with van der Waals surface area (Å²) < 4.78 is 10.6. The van der Waals surface area contributed by atoms with Crippen LogP contribution in [0.4, 0.5) is 0 Å². The number of likely N-dealkylation sites (tertiary alicyclic amines) is 1. The van der Waals surface area contributed by atoms with E-state index in [0.29, 0.717) is 12.5 Å². The summed E-state index contributed by atoms with van der Waals surface area (Å²) in [6, 6.07) is 9.49. The molecule has 1 saturated carbocycles. The van der Waals surface area contributed by atoms with Crippen molar-refractivity contribution in [2.45, 2.75) is 57.4 Å². The largest absolute Gasteiger partial charge is 0.497 e. The molecule has 0 radical (unpaired) electrons. The Morgan fingerprint density at radius 2 is 2.07 bits per heavy atom. The van der Waals surface area contributed by atoms with Crippen molar-refractivity contribution in [2.24, 2.45) is 5.92 Å². The van der Waals surface area contributed by atoms with Crippen LogP contribution in [0.5, 0.6) is 5.75 Å². The predicted molar refractivity (Wildman–Crippen MR) is 116 cm³/mol. The van der Waals surface area contributed by atoms with Crippen LogP contribution in [-0.4, -0.2) is 42.7 Å². The molecule has 6 heteroatoms. The van der Waals surface area contributed by atoms with Crippen LogP contribution in [0.3, 0.4) is 0 Å². The Morgan fingerprint density at radius 3 is 2.90 bits per heavy atom. The monoisotopic (exact) mass is 411 g/mol. The first-order valence-corrected chi connectivity index (χ1v) is 11.3. The first-order valence-electron chi connectivity index (χ1n) is 11.3. The molecule has 2 fully saturated rings. The zero-order valence-electron chi connectivity index (χ0n) is 17.9. The lowest BCUT2D eigenvalue weighted by Gasteiger charge is -2.35. The van der Waals surface area contributed by atoms with Gasteiger partial charge in [0, 0.05) is 31.6 Å². The summed E-state index contributed by atoms with van der Waals surface area (Å²) in [6.45, 7) is 3.83. The summed E-state index contributed by atoms with van der Waals surface area (Å²) in [4.78, 5) is 15.1. The Balaban J connectivity index is 1.30. The fourth-order valence-electron chi connectivity index (χ4n) is 4.84. The molecule has 1 aromatic carbocycles. The number of rotatable bonds is 7. The highest BCUT2D eigenvalue weighted by atomic mass is 16.5. The number of amides is 1. The lowest BCUT2D eigenvalue weighted by Crippen LogP contribution is -2.38. The Morgan fingerprint density at radius 1 is 1.20 bits per heavy atom. The van der Waals surface area contributed by atoms with Crippen molar-refractivity contribution in [2.75, 3.05) is 26.7 Å². The topological polar surface area (TPSA) is 67.6 Å². The maximum absolute atomic E-state index is 12.5. The maximum Gasteiger partial charge on any atom is 0.290 e. The molecule has 0 bridgehead atoms. The number of hydrogen-bond acceptors (Lipinski definition) is 5. The number of carbonyl (C=O) groups is 1. The molecule has 1 amide bonds. The minimum absolute atomic E-state index is 0.230. The minimum atomic E-state index is -0.230. The molecule has 30 heavy (non-hydrogen) atoms. The molecular weight excluding hydrogens is 378 g/mol. The second-order valence-electron chi connectivity index (χ2n) is 8.75. The molecule has 1 aliphatic carbocycles. The molecule has 2 aliphatic rings. The average Bonchev–Trinajstić information content (AvgIpc) is 3.29. The first-order chi connectivity index (χ1) is 14.7. The number of carbonyl (C=O) groups excluding carboxylic acids is 1. The van der Waals surface area contributed by atoms with E-state index in [9.17, 15) is 4.79 Å². The lowest BCUT2D eigenvalue weighted by atomic mass is 9.87. The van der Waals surface area contributed by atoms with E-state index in [1.54, 1.807) is 7.11 Å². The number of nitrogens with one attached hydrogen (secondary N) is 1. The van der Waals surface area contributed by atoms with Gasteiger partial charge in [-0.1, -0.05) is 36.6 Å². The van der Waals surface area contributed by atoms with Gasteiger partial charge < -0.3 is 19.5 Å². The summed E-state index contributed by atoms with van der Waals surface area (Å²) in [5.74, 6) is 2.04. The van der Waals surface area contributed by atoms with Crippen LogP contribution < -0.4 is 10.1 Å². The Bertz CT molecular complexity index is 829. The van der Waals surface area contributed by atoms with E-state index in [0.717, 1.165) is 35.9 Å². The predicted octanol–water partition coefficient (Wildman–Crippen LogP) is 4.37. The van der Waals surface area contributed by atoms with Crippen molar-refractivity contribution < 1.29 is 14.1 Å². The maximum atomic E-state index is 12.5. The second kappa shape index (κ2) is 10.1. The second-order valence-corrected chi connectivity index (χ2v) is 8.75. The van der Waals surface area contributed by atoms with Crippen molar-refractivity contribution in [3.05, 3.63) is 47.3 Å². The molecule has 4 rings (SSSR count). The van der Waals surface area contributed by atoms with Gasteiger partial charge in [0.1, 0.15) is 5.75 Å². The highest BCUT2D eigenvalue weighted by Crippen LogP contribution is 2.30. The normalized spacial score (nSPS) is 20.8. The third-order valence-electron chi connectivity index (χ3n) is 6.50. The van der Waals surface area contributed by atoms with Crippen LogP contribution in [0.25, 0.3) is 0 Å². The molecule has 1 saturated heterocycles. The zero-order chi connectivity index (χ0) is 20.8. The molecule has 2 heterocycles. The summed E-state index contributed by atoms with van der Waals surface area (Å²) in [6.07, 6.45) is 9.23. The number of methoxy groups -OCH3 is 1. The fourth-order valence-corrected chi connectivity index (χ4v) is 4.84. The molecule has 1 N–H and O–H groups in total. The Hall–Kier alpha value is -2.34. The summed E-state index contributed by atoms with van der Waals surface area (Å²) in [7, 11) is 1.63. The van der Waals surface area contributed by atoms with Gasteiger partial charge in [-0.3, -0.25) is 4.79 Å². The number of ether oxygens (including phenoxy) is 1. The first kappa shape index (κ1) is 20.9. The summed E-state index contributed by atoms with van der Waals surface area (Å²) in [5.41, 5.74) is 1.89. The molecule has 1 aromatic heterocycles. The van der Waals surface area contributed by atoms with Crippen molar-refractivity contribution in [1.29, 1.82) is 0 Å². The number of benzene rings is 1. The summed E-state index contributed by atoms with van der Waals surface area (Å²) in [5, 5.41) is 7.15. The number of hydrogen-bond donors (Lipinski definition) is 1. The van der Waals surface area contributed by atoms with E-state index in [1.165, 1.54) is 51.6 Å². The molecule has 1 aliphatic heterocycles. The summed E-state index contributed by atoms with van der Waals surface area (Å²) >= 11 is 0. The van der Waals surface area contributed by atoms with E-state index in [-0.39, 0.29) is 11.7 Å². The van der Waals surface area contributed by atoms with E-state index in [4.69, 9.17) is 9.26 Å². The van der Waals surface area contributed by atoms with Gasteiger partial charge in [-0.15, -0.1) is 0 Å². The van der Waals surface area contributed by atoms with Crippen LogP contribution in [0.15, 0.2) is 34.9 Å². The van der Waals surface area contributed by atoms with E-state index in [1.807, 2.05) is 30.3 Å². The molecule has 1 atom stereocenters. The Kier molecular flexibility index (Phi) is 7.05. The third-order valence-corrected chi connectivity index (χ3v) is 6.50. The minimum Gasteiger partial charge on any atom is -0.497 e. The van der Waals surface area contributed by atoms with Crippen LogP contribution in [0.1, 0.15) is 72.7 Å². The lowest BCUT2D eigenvalue weighted by molar-refractivity contribution is 0.0913. The molecule has 6 nitrogen and oxygen atoms in total. The van der Waals surface area contributed by atoms with Crippen molar-refractivity contribution in [3.8, 4) is 5.75 Å². The smallest absolute Gasteiger partial charge is 0.290 e. The van der Waals surface area contributed by atoms with E-state index >= 15 is 0 Å². The van der Waals surface area contributed by atoms with Gasteiger partial charge in [0.15, 0.2) is 0 Å². The highest BCUT2D eigenvalue weighted by Gasteiger charge is 2.27. The number of piperidine rings is 1. The van der Waals surface area contributed by atoms with Gasteiger partial charge in [0.2, 0.25) is 5.76 Å². The SMILES string of the molecule is COc1cccc(CNC(=O)c2cc([C@H]3CCCN(CC4CCCCC4)C3)no2)c1. The standard InChI is InChI=1S/C24H33N3O3/c1-29-21-11-5-9-19(13-21)15-25-24(28)23-14-22(26-30-23)20-10-6-12-27(17-20)16-18-7-3-2-4-8-18/h5,9,11,13-14,18,20H,2-4,6-8,10,12,15-17H2,1H3,(H,25,28)/t20-/m0/s1. The van der Waals surface area contributed by atoms with Crippen LogP contribution in [0.2, 0.25) is 0 Å². The van der Waals surface area contributed by atoms with Crippen molar-refractivity contribution in [1.82, 2.24) is 15.4 Å². The van der Waals surface area contributed by atoms with Crippen molar-refractivity contribution >= 4 is 5.91 Å². The highest BCUT2D eigenvalue weighted by molar-refractivity contribution is 5.91. The van der Waals surface area contributed by atoms with Gasteiger partial charge in [-0.25, -0.2) is 0 Å². The van der Waals surface area contributed by atoms with Gasteiger partial charge in [-0.05, 0) is 55.8 Å². The van der Waals surface area contributed by atoms with Crippen LogP contribution >= 0.6 is 0 Å². The third kappa shape index (κ3) is 5.42. The van der Waals surface area contributed by atoms with Crippen molar-refractivity contribution in [3.63, 3.8) is 0 Å². The van der Waals surface area contributed by atoms with Gasteiger partial charge in [0.05, 0.1) is 12.8 Å². The Labute approximate surface area is 179 Å². The molecule has 0 spiro atoms. The van der Waals surface area contributed by atoms with Crippen LogP contribution in [-0.2, 0) is 6.54 Å². The molecule has 162 valence electrons. The van der Waals surface area contributed by atoms with Gasteiger partial charge in [-0.2, -0.15) is 0 Å². The molecule has 0 unspecified atom stereocenters. The number of aromatic nitrogens is 1. The number of nitrogens with zero attached hydrogens (tertiary/aromatic N) is 2. The van der Waals surface area contributed by atoms with Gasteiger partial charge >= 0.3 is 0 Å². The van der Waals surface area contributed by atoms with E-state index < -0.39 is 0 Å². The fraction of sp³-hybridized carbons (Fsp3) is 0.583. The molecular formula is C24H33N3O3. The van der Waals surface area contributed by atoms with Gasteiger partial charge in [0.25, 0.3) is 5.91 Å².